The molecule has 0 radical (unpaired) electrons. The molecule has 0 aliphatic heterocycles. The molecule has 0 atom stereocenters. The van der Waals surface area contributed by atoms with Crippen molar-refractivity contribution in [3.63, 3.8) is 0 Å². The van der Waals surface area contributed by atoms with Gasteiger partial charge in [0.15, 0.2) is 0 Å². The van der Waals surface area contributed by atoms with Gasteiger partial charge in [-0.2, -0.15) is 0 Å². The number of aromatic amines is 2. The third-order valence-corrected chi connectivity index (χ3v) is 8.82. The highest BCUT2D eigenvalue weighted by molar-refractivity contribution is 7.25. The molecule has 6 nitrogen and oxygen atoms in total. The van der Waals surface area contributed by atoms with Gasteiger partial charge in [0.2, 0.25) is 0 Å². The molecule has 8 aromatic rings. The van der Waals surface area contributed by atoms with Crippen molar-refractivity contribution in [3.05, 3.63) is 72.6 Å². The molecule has 0 fully saturated rings. The maximum absolute atomic E-state index is 4.96. The van der Waals surface area contributed by atoms with Crippen molar-refractivity contribution in [2.24, 2.45) is 0 Å². The Labute approximate surface area is 228 Å². The number of nitrogens with zero attached hydrogens (tertiary/aromatic N) is 4. The lowest BCUT2D eigenvalue weighted by Crippen LogP contribution is -1.89. The summed E-state index contributed by atoms with van der Waals surface area (Å²) in [6.07, 6.45) is 3.52. The van der Waals surface area contributed by atoms with Gasteiger partial charge in [-0.1, -0.05) is 52.0 Å². The molecule has 4 aromatic heterocycles. The van der Waals surface area contributed by atoms with Crippen LogP contribution in [0.2, 0.25) is 0 Å². The van der Waals surface area contributed by atoms with Gasteiger partial charge in [0, 0.05) is 55.2 Å². The van der Waals surface area contributed by atoms with E-state index in [0.717, 1.165) is 61.1 Å². The second-order valence-electron chi connectivity index (χ2n) is 11.0. The monoisotopic (exact) mass is 526 g/mol. The number of benzene rings is 4. The van der Waals surface area contributed by atoms with Crippen LogP contribution in [0.3, 0.4) is 0 Å². The number of H-pyrrole nitrogens is 2. The van der Waals surface area contributed by atoms with Crippen molar-refractivity contribution >= 4 is 75.4 Å². The van der Waals surface area contributed by atoms with E-state index in [1.165, 1.54) is 25.7 Å². The van der Waals surface area contributed by atoms with Gasteiger partial charge in [-0.05, 0) is 35.4 Å². The summed E-state index contributed by atoms with van der Waals surface area (Å²) in [4.78, 5) is 26.2. The molecule has 0 spiro atoms. The molecule has 0 saturated heterocycles. The van der Waals surface area contributed by atoms with E-state index in [1.54, 1.807) is 12.4 Å². The third kappa shape index (κ3) is 3.32. The van der Waals surface area contributed by atoms with Crippen LogP contribution in [-0.2, 0) is 0 Å². The molecule has 0 aliphatic rings. The first kappa shape index (κ1) is 22.6. The molecule has 0 amide bonds. The minimum absolute atomic E-state index is 0.299. The number of aromatic nitrogens is 6. The smallest absolute Gasteiger partial charge is 0.115 e. The van der Waals surface area contributed by atoms with E-state index in [-0.39, 0.29) is 0 Å². The lowest BCUT2D eigenvalue weighted by molar-refractivity contribution is 0.799. The molecule has 0 bridgehead atoms. The zero-order valence-electron chi connectivity index (χ0n) is 22.1. The Kier molecular flexibility index (Phi) is 4.68. The molecule has 4 heterocycles. The van der Waals surface area contributed by atoms with Crippen molar-refractivity contribution in [3.8, 4) is 11.1 Å². The zero-order valence-corrected chi connectivity index (χ0v) is 22.9. The Morgan fingerprint density at radius 3 is 2.10 bits per heavy atom. The Balaban J connectivity index is 1.31. The fraction of sp³-hybridized carbons (Fsp3) is 0.188. The lowest BCUT2D eigenvalue weighted by atomic mass is 9.98. The first-order valence-electron chi connectivity index (χ1n) is 13.4. The number of fused-ring (bicyclic) bond motifs is 10. The van der Waals surface area contributed by atoms with Gasteiger partial charge in [0.1, 0.15) is 17.2 Å². The molecule has 8 rings (SSSR count). The van der Waals surface area contributed by atoms with Gasteiger partial charge in [0.25, 0.3) is 0 Å². The summed E-state index contributed by atoms with van der Waals surface area (Å²) in [6, 6.07) is 17.9. The SMILES string of the molecule is CC(C)c1nc2cc3sc4cc(-c5ccc6c(c5)c5nccnc5c5[nH]c(C(C)C)nc65)ccc4c3cc2[nH]1. The van der Waals surface area contributed by atoms with Crippen LogP contribution in [0.1, 0.15) is 51.2 Å². The minimum atomic E-state index is 0.299. The first-order valence-corrected chi connectivity index (χ1v) is 14.2. The Morgan fingerprint density at radius 1 is 0.615 bits per heavy atom. The maximum atomic E-state index is 4.96. The van der Waals surface area contributed by atoms with Crippen LogP contribution in [0.15, 0.2) is 60.9 Å². The summed E-state index contributed by atoms with van der Waals surface area (Å²) in [6.45, 7) is 8.63. The highest BCUT2D eigenvalue weighted by Crippen LogP contribution is 2.40. The van der Waals surface area contributed by atoms with Crippen LogP contribution in [0.5, 0.6) is 0 Å². The average Bonchev–Trinajstić information content (AvgIpc) is 3.66. The van der Waals surface area contributed by atoms with E-state index < -0.39 is 0 Å². The first-order chi connectivity index (χ1) is 18.9. The standard InChI is InChI=1S/C32H26N6S/c1-15(2)31-35-23-13-21-19-7-5-18(12-25(19)39-26(21)14-24(23)36-31)17-6-8-20-22(11-17)27-29(34-10-9-33-27)30-28(20)37-32(38-30)16(3)4/h5-16H,1-4H3,(H,35,36)(H,37,38). The number of hydrogen-bond donors (Lipinski definition) is 2. The average molecular weight is 527 g/mol. The fourth-order valence-electron chi connectivity index (χ4n) is 5.63. The van der Waals surface area contributed by atoms with Crippen molar-refractivity contribution in [2.75, 3.05) is 0 Å². The van der Waals surface area contributed by atoms with Crippen LogP contribution in [-0.4, -0.2) is 29.9 Å². The van der Waals surface area contributed by atoms with Gasteiger partial charge >= 0.3 is 0 Å². The number of imidazole rings is 2. The molecular formula is C32H26N6S. The fourth-order valence-corrected chi connectivity index (χ4v) is 6.79. The second-order valence-corrected chi connectivity index (χ2v) is 12.1. The van der Waals surface area contributed by atoms with E-state index in [9.17, 15) is 0 Å². The van der Waals surface area contributed by atoms with Crippen molar-refractivity contribution in [2.45, 2.75) is 39.5 Å². The predicted molar refractivity (Wildman–Crippen MR) is 163 cm³/mol. The molecular weight excluding hydrogens is 500 g/mol. The molecule has 0 saturated carbocycles. The number of hydrogen-bond acceptors (Lipinski definition) is 5. The summed E-state index contributed by atoms with van der Waals surface area (Å²) in [5.74, 6) is 2.68. The van der Waals surface area contributed by atoms with Gasteiger partial charge < -0.3 is 9.97 Å². The minimum Gasteiger partial charge on any atom is -0.342 e. The maximum Gasteiger partial charge on any atom is 0.115 e. The van der Waals surface area contributed by atoms with E-state index in [1.807, 2.05) is 11.3 Å². The van der Waals surface area contributed by atoms with E-state index in [4.69, 9.17) is 19.9 Å². The van der Waals surface area contributed by atoms with Crippen molar-refractivity contribution in [1.29, 1.82) is 0 Å². The molecule has 0 aliphatic carbocycles. The van der Waals surface area contributed by atoms with Crippen LogP contribution in [0.4, 0.5) is 0 Å². The van der Waals surface area contributed by atoms with Crippen LogP contribution in [0, 0.1) is 0 Å². The summed E-state index contributed by atoms with van der Waals surface area (Å²) >= 11 is 1.83. The molecule has 2 N–H and O–H groups in total. The third-order valence-electron chi connectivity index (χ3n) is 7.71. The second kappa shape index (κ2) is 8.07. The van der Waals surface area contributed by atoms with E-state index in [0.29, 0.717) is 11.8 Å². The number of rotatable bonds is 3. The van der Waals surface area contributed by atoms with E-state index >= 15 is 0 Å². The topological polar surface area (TPSA) is 83.1 Å². The zero-order chi connectivity index (χ0) is 26.4. The molecule has 4 aromatic carbocycles. The quantitative estimate of drug-likeness (QED) is 0.225. The van der Waals surface area contributed by atoms with Crippen LogP contribution < -0.4 is 0 Å². The van der Waals surface area contributed by atoms with Gasteiger partial charge in [-0.3, -0.25) is 9.97 Å². The molecule has 190 valence electrons. The largest absolute Gasteiger partial charge is 0.342 e. The number of nitrogens with one attached hydrogen (secondary N) is 2. The lowest BCUT2D eigenvalue weighted by Gasteiger charge is -2.08. The van der Waals surface area contributed by atoms with Crippen LogP contribution in [0.25, 0.3) is 75.2 Å². The predicted octanol–water partition coefficient (Wildman–Crippen LogP) is 8.82. The Hall–Kier alpha value is -4.36. The van der Waals surface area contributed by atoms with Crippen LogP contribution >= 0.6 is 11.3 Å². The highest BCUT2D eigenvalue weighted by atomic mass is 32.1. The molecule has 7 heteroatoms. The number of thiophene rings is 1. The Bertz CT molecular complexity index is 2250. The summed E-state index contributed by atoms with van der Waals surface area (Å²) in [7, 11) is 0. The highest BCUT2D eigenvalue weighted by Gasteiger charge is 2.17. The van der Waals surface area contributed by atoms with Crippen molar-refractivity contribution < 1.29 is 0 Å². The normalized spacial score (nSPS) is 12.6. The van der Waals surface area contributed by atoms with Gasteiger partial charge in [-0.25, -0.2) is 9.97 Å². The summed E-state index contributed by atoms with van der Waals surface area (Å²) in [5.41, 5.74) is 8.15. The van der Waals surface area contributed by atoms with Crippen molar-refractivity contribution in [1.82, 2.24) is 29.9 Å². The van der Waals surface area contributed by atoms with Gasteiger partial charge in [-0.15, -0.1) is 11.3 Å². The summed E-state index contributed by atoms with van der Waals surface area (Å²) in [5, 5.41) is 4.71. The molecule has 39 heavy (non-hydrogen) atoms. The summed E-state index contributed by atoms with van der Waals surface area (Å²) < 4.78 is 2.53. The van der Waals surface area contributed by atoms with Gasteiger partial charge in [0.05, 0.1) is 27.6 Å². The Morgan fingerprint density at radius 2 is 1.31 bits per heavy atom. The molecule has 0 unspecified atom stereocenters. The van der Waals surface area contributed by atoms with E-state index in [2.05, 4.69) is 86.2 Å².